The number of nitriles is 1. The van der Waals surface area contributed by atoms with Crippen molar-refractivity contribution in [3.8, 4) is 11.8 Å². The number of hydrogen-bond acceptors (Lipinski definition) is 6. The van der Waals surface area contributed by atoms with Crippen LogP contribution in [0.3, 0.4) is 0 Å². The zero-order chi connectivity index (χ0) is 24.8. The highest BCUT2D eigenvalue weighted by molar-refractivity contribution is 7.80. The predicted octanol–water partition coefficient (Wildman–Crippen LogP) is 3.42. The van der Waals surface area contributed by atoms with E-state index in [4.69, 9.17) is 27.0 Å². The van der Waals surface area contributed by atoms with Gasteiger partial charge in [0.1, 0.15) is 18.0 Å². The van der Waals surface area contributed by atoms with Crippen molar-refractivity contribution in [2.75, 3.05) is 23.0 Å². The van der Waals surface area contributed by atoms with Gasteiger partial charge < -0.3 is 24.6 Å². The number of thiocarbonyl (C=S) groups is 1. The number of nitrogens with zero attached hydrogens (tertiary/aromatic N) is 3. The van der Waals surface area contributed by atoms with Crippen LogP contribution in [0.5, 0.6) is 5.75 Å². The SMILES string of the molecule is CC1(C)C(O)N(c2ccc(C#N)c(C(F)(F)F)c2)C(=S)N1c1ccc(O[C@H]2COC[C@@H]2O)cc1. The first-order chi connectivity index (χ1) is 15.9. The second kappa shape index (κ2) is 8.70. The molecule has 2 aromatic carbocycles. The first-order valence-corrected chi connectivity index (χ1v) is 10.8. The molecule has 34 heavy (non-hydrogen) atoms. The Balaban J connectivity index is 1.64. The maximum atomic E-state index is 13.5. The number of benzene rings is 2. The van der Waals surface area contributed by atoms with E-state index < -0.39 is 41.3 Å². The van der Waals surface area contributed by atoms with Gasteiger partial charge in [0, 0.05) is 11.4 Å². The summed E-state index contributed by atoms with van der Waals surface area (Å²) in [6.45, 7) is 3.92. The Morgan fingerprint density at radius 2 is 1.76 bits per heavy atom. The van der Waals surface area contributed by atoms with Gasteiger partial charge in [0.25, 0.3) is 0 Å². The summed E-state index contributed by atoms with van der Waals surface area (Å²) in [5.74, 6) is 0.500. The number of aliphatic hydroxyl groups is 2. The van der Waals surface area contributed by atoms with E-state index in [2.05, 4.69) is 0 Å². The zero-order valence-corrected chi connectivity index (χ0v) is 19.1. The van der Waals surface area contributed by atoms with E-state index in [1.54, 1.807) is 49.1 Å². The van der Waals surface area contributed by atoms with Gasteiger partial charge in [0.15, 0.2) is 11.3 Å². The molecule has 2 N–H and O–H groups in total. The molecule has 0 aromatic heterocycles. The van der Waals surface area contributed by atoms with Crippen LogP contribution in [0.1, 0.15) is 25.0 Å². The monoisotopic (exact) mass is 493 g/mol. The second-order valence-electron chi connectivity index (χ2n) is 8.61. The van der Waals surface area contributed by atoms with Crippen LogP contribution in [-0.2, 0) is 10.9 Å². The topological polar surface area (TPSA) is 89.2 Å². The maximum Gasteiger partial charge on any atom is 0.417 e. The Labute approximate surface area is 199 Å². The number of alkyl halides is 3. The molecule has 0 radical (unpaired) electrons. The van der Waals surface area contributed by atoms with Crippen molar-refractivity contribution in [2.24, 2.45) is 0 Å². The molecular formula is C23H22F3N3O4S. The fourth-order valence-corrected chi connectivity index (χ4v) is 4.63. The van der Waals surface area contributed by atoms with Crippen molar-refractivity contribution >= 4 is 28.7 Å². The van der Waals surface area contributed by atoms with Gasteiger partial charge >= 0.3 is 6.18 Å². The van der Waals surface area contributed by atoms with Crippen molar-refractivity contribution in [2.45, 2.75) is 44.0 Å². The van der Waals surface area contributed by atoms with Gasteiger partial charge in [-0.25, -0.2) is 0 Å². The second-order valence-corrected chi connectivity index (χ2v) is 8.97. The van der Waals surface area contributed by atoms with Crippen LogP contribution in [0.4, 0.5) is 24.5 Å². The molecule has 3 atom stereocenters. The van der Waals surface area contributed by atoms with Gasteiger partial charge in [0.2, 0.25) is 0 Å². The molecule has 2 aliphatic rings. The molecule has 0 bridgehead atoms. The van der Waals surface area contributed by atoms with Gasteiger partial charge in [-0.2, -0.15) is 18.4 Å². The molecule has 0 aliphatic carbocycles. The quantitative estimate of drug-likeness (QED) is 0.627. The summed E-state index contributed by atoms with van der Waals surface area (Å²) >= 11 is 5.58. The van der Waals surface area contributed by atoms with Crippen LogP contribution in [-0.4, -0.2) is 52.5 Å². The molecular weight excluding hydrogens is 471 g/mol. The van der Waals surface area contributed by atoms with E-state index in [1.807, 2.05) is 0 Å². The highest BCUT2D eigenvalue weighted by Gasteiger charge is 2.50. The highest BCUT2D eigenvalue weighted by atomic mass is 32.1. The van der Waals surface area contributed by atoms with Crippen molar-refractivity contribution < 1.29 is 32.9 Å². The number of hydrogen-bond donors (Lipinski definition) is 2. The minimum atomic E-state index is -4.74. The summed E-state index contributed by atoms with van der Waals surface area (Å²) in [5, 5.41) is 30.1. The van der Waals surface area contributed by atoms with Crippen LogP contribution >= 0.6 is 12.2 Å². The molecule has 0 amide bonds. The lowest BCUT2D eigenvalue weighted by molar-refractivity contribution is -0.137. The Morgan fingerprint density at radius 1 is 1.12 bits per heavy atom. The van der Waals surface area contributed by atoms with E-state index in [9.17, 15) is 23.4 Å². The molecule has 0 spiro atoms. The first kappa shape index (κ1) is 24.2. The van der Waals surface area contributed by atoms with Crippen LogP contribution in [0.2, 0.25) is 0 Å². The van der Waals surface area contributed by atoms with Gasteiger partial charge in [-0.15, -0.1) is 0 Å². The molecule has 2 aliphatic heterocycles. The maximum absolute atomic E-state index is 13.5. The zero-order valence-electron chi connectivity index (χ0n) is 18.3. The normalized spacial score (nSPS) is 24.4. The first-order valence-electron chi connectivity index (χ1n) is 10.4. The molecule has 4 rings (SSSR count). The molecule has 11 heteroatoms. The third-order valence-electron chi connectivity index (χ3n) is 5.94. The average molecular weight is 494 g/mol. The number of rotatable bonds is 4. The summed E-state index contributed by atoms with van der Waals surface area (Å²) in [6.07, 6.45) is -7.21. The van der Waals surface area contributed by atoms with Crippen LogP contribution < -0.4 is 14.5 Å². The van der Waals surface area contributed by atoms with E-state index in [0.29, 0.717) is 11.4 Å². The van der Waals surface area contributed by atoms with Crippen LogP contribution in [0.15, 0.2) is 42.5 Å². The molecule has 2 fully saturated rings. The smallest absolute Gasteiger partial charge is 0.417 e. The summed E-state index contributed by atoms with van der Waals surface area (Å²) in [7, 11) is 0. The highest BCUT2D eigenvalue weighted by Crippen LogP contribution is 2.41. The molecule has 2 heterocycles. The van der Waals surface area contributed by atoms with Crippen molar-refractivity contribution in [1.29, 1.82) is 5.26 Å². The van der Waals surface area contributed by atoms with Crippen molar-refractivity contribution in [3.05, 3.63) is 53.6 Å². The standard InChI is InChI=1S/C23H22F3N3O4S/c1-22(2)20(31)28(15-4-3-13(10-27)17(9-15)23(24,25)26)21(34)29(22)14-5-7-16(8-6-14)33-19-12-32-11-18(19)30/h3-9,18-20,30-31H,11-12H2,1-2H3/t18-,19-,20?/m0/s1. The Hall–Kier alpha value is -2.91. The fraction of sp³-hybridized carbons (Fsp3) is 0.391. The minimum absolute atomic E-state index is 0.0228. The van der Waals surface area contributed by atoms with Crippen molar-refractivity contribution in [3.63, 3.8) is 0 Å². The van der Waals surface area contributed by atoms with Crippen LogP contribution in [0, 0.1) is 11.3 Å². The van der Waals surface area contributed by atoms with Gasteiger partial charge in [-0.1, -0.05) is 0 Å². The van der Waals surface area contributed by atoms with Gasteiger partial charge in [-0.3, -0.25) is 4.90 Å². The Bertz CT molecular complexity index is 1130. The summed E-state index contributed by atoms with van der Waals surface area (Å²) < 4.78 is 51.4. The van der Waals surface area contributed by atoms with Crippen LogP contribution in [0.25, 0.3) is 0 Å². The summed E-state index contributed by atoms with van der Waals surface area (Å²) in [6, 6.07) is 11.5. The molecule has 2 saturated heterocycles. The van der Waals surface area contributed by atoms with E-state index in [-0.39, 0.29) is 24.0 Å². The average Bonchev–Trinajstić information content (AvgIpc) is 3.25. The largest absolute Gasteiger partial charge is 0.485 e. The van der Waals surface area contributed by atoms with Gasteiger partial charge in [0.05, 0.1) is 35.9 Å². The molecule has 180 valence electrons. The fourth-order valence-electron chi connectivity index (χ4n) is 4.08. The molecule has 2 aromatic rings. The number of aliphatic hydroxyl groups excluding tert-OH is 2. The van der Waals surface area contributed by atoms with Gasteiger partial charge in [-0.05, 0) is 68.5 Å². The van der Waals surface area contributed by atoms with E-state index >= 15 is 0 Å². The number of halogens is 3. The Morgan fingerprint density at radius 3 is 2.32 bits per heavy atom. The number of ether oxygens (including phenoxy) is 2. The predicted molar refractivity (Wildman–Crippen MR) is 121 cm³/mol. The number of anilines is 2. The third-order valence-corrected chi connectivity index (χ3v) is 6.32. The lowest BCUT2D eigenvalue weighted by atomic mass is 10.0. The molecule has 0 saturated carbocycles. The summed E-state index contributed by atoms with van der Waals surface area (Å²) in [5.41, 5.74) is -1.99. The van der Waals surface area contributed by atoms with E-state index in [1.165, 1.54) is 11.0 Å². The lowest BCUT2D eigenvalue weighted by Gasteiger charge is -2.33. The lowest BCUT2D eigenvalue weighted by Crippen LogP contribution is -2.47. The minimum Gasteiger partial charge on any atom is -0.485 e. The molecule has 1 unspecified atom stereocenters. The molecule has 7 nitrogen and oxygen atoms in total. The Kier molecular flexibility index (Phi) is 6.20. The summed E-state index contributed by atoms with van der Waals surface area (Å²) in [4.78, 5) is 2.89. The van der Waals surface area contributed by atoms with E-state index in [0.717, 1.165) is 12.1 Å². The van der Waals surface area contributed by atoms with Crippen molar-refractivity contribution in [1.82, 2.24) is 0 Å². The third kappa shape index (κ3) is 4.18.